The molecule has 0 amide bonds. The quantitative estimate of drug-likeness (QED) is 0.383. The first-order valence-corrected chi connectivity index (χ1v) is 10.9. The van der Waals surface area contributed by atoms with E-state index in [-0.39, 0.29) is 6.61 Å². The number of amidine groups is 1. The molecule has 0 bridgehead atoms. The maximum atomic E-state index is 8.83. The summed E-state index contributed by atoms with van der Waals surface area (Å²) in [4.78, 5) is 9.19. The largest absolute Gasteiger partial charge is 0.395 e. The molecule has 142 valence electrons. The van der Waals surface area contributed by atoms with Gasteiger partial charge in [0.2, 0.25) is 0 Å². The van der Waals surface area contributed by atoms with Crippen molar-refractivity contribution >= 4 is 40.3 Å². The van der Waals surface area contributed by atoms with Gasteiger partial charge in [-0.15, -0.1) is 23.1 Å². The number of hydrogen-bond acceptors (Lipinski definition) is 6. The van der Waals surface area contributed by atoms with Crippen LogP contribution >= 0.6 is 23.1 Å². The number of nitrogens with zero attached hydrogens (tertiary/aromatic N) is 2. The Morgan fingerprint density at radius 3 is 2.88 bits per heavy atom. The summed E-state index contributed by atoms with van der Waals surface area (Å²) < 4.78 is 0. The van der Waals surface area contributed by atoms with Crippen LogP contribution in [0.1, 0.15) is 18.7 Å². The maximum Gasteiger partial charge on any atom is 0.141 e. The van der Waals surface area contributed by atoms with Crippen LogP contribution in [-0.2, 0) is 0 Å². The van der Waals surface area contributed by atoms with Crippen molar-refractivity contribution < 1.29 is 5.11 Å². The molecule has 5 nitrogen and oxygen atoms in total. The number of rotatable bonds is 7. The zero-order valence-corrected chi connectivity index (χ0v) is 17.1. The van der Waals surface area contributed by atoms with E-state index < -0.39 is 0 Å². The summed E-state index contributed by atoms with van der Waals surface area (Å²) in [6, 6.07) is 10.2. The fraction of sp³-hybridized carbons (Fsp3) is 0.421. The van der Waals surface area contributed by atoms with Crippen LogP contribution < -0.4 is 16.0 Å². The van der Waals surface area contributed by atoms with Crippen LogP contribution in [0.25, 0.3) is 0 Å². The van der Waals surface area contributed by atoms with E-state index in [0.29, 0.717) is 12.4 Å². The molecule has 0 unspecified atom stereocenters. The van der Waals surface area contributed by atoms with Gasteiger partial charge in [0.1, 0.15) is 5.84 Å². The van der Waals surface area contributed by atoms with Gasteiger partial charge in [0.15, 0.2) is 0 Å². The van der Waals surface area contributed by atoms with Crippen molar-refractivity contribution in [3.8, 4) is 0 Å². The highest BCUT2D eigenvalue weighted by Crippen LogP contribution is 2.37. The lowest BCUT2D eigenvalue weighted by atomic mass is 10.2. The molecule has 0 spiro atoms. The first-order chi connectivity index (χ1) is 12.8. The van der Waals surface area contributed by atoms with Crippen LogP contribution in [0.15, 0.2) is 45.6 Å². The number of nitrogens with one attached hydrogen (secondary N) is 1. The molecule has 0 aliphatic carbocycles. The van der Waals surface area contributed by atoms with Gasteiger partial charge >= 0.3 is 0 Å². The van der Waals surface area contributed by atoms with Crippen LogP contribution in [0.4, 0.5) is 11.4 Å². The number of anilines is 1. The van der Waals surface area contributed by atoms with Crippen molar-refractivity contribution in [2.24, 2.45) is 10.7 Å². The minimum atomic E-state index is 0.180. The van der Waals surface area contributed by atoms with Crippen LogP contribution in [0, 0.1) is 0 Å². The predicted octanol–water partition coefficient (Wildman–Crippen LogP) is 3.31. The second kappa shape index (κ2) is 11.2. The summed E-state index contributed by atoms with van der Waals surface area (Å²) in [6.45, 7) is 7.67. The van der Waals surface area contributed by atoms with Gasteiger partial charge < -0.3 is 21.1 Å². The zero-order valence-electron chi connectivity index (χ0n) is 15.4. The smallest absolute Gasteiger partial charge is 0.141 e. The summed E-state index contributed by atoms with van der Waals surface area (Å²) in [5.41, 5.74) is 8.23. The maximum absolute atomic E-state index is 8.83. The molecule has 26 heavy (non-hydrogen) atoms. The first kappa shape index (κ1) is 20.8. The average molecular weight is 393 g/mol. The van der Waals surface area contributed by atoms with Crippen molar-refractivity contribution in [3.63, 3.8) is 0 Å². The fourth-order valence-electron chi connectivity index (χ4n) is 2.60. The van der Waals surface area contributed by atoms with Crippen LogP contribution in [0.5, 0.6) is 0 Å². The van der Waals surface area contributed by atoms with Crippen molar-refractivity contribution in [1.82, 2.24) is 5.32 Å². The molecule has 4 N–H and O–H groups in total. The summed E-state index contributed by atoms with van der Waals surface area (Å²) in [7, 11) is 0. The Morgan fingerprint density at radius 1 is 1.31 bits per heavy atom. The molecule has 1 aliphatic rings. The lowest BCUT2D eigenvalue weighted by Crippen LogP contribution is -2.36. The highest BCUT2D eigenvalue weighted by molar-refractivity contribution is 7.99. The van der Waals surface area contributed by atoms with Crippen molar-refractivity contribution in [1.29, 1.82) is 0 Å². The van der Waals surface area contributed by atoms with Crippen molar-refractivity contribution in [3.05, 3.63) is 40.6 Å². The minimum Gasteiger partial charge on any atom is -0.395 e. The summed E-state index contributed by atoms with van der Waals surface area (Å²) in [6.07, 6.45) is 0. The van der Waals surface area contributed by atoms with Gasteiger partial charge in [-0.05, 0) is 29.6 Å². The minimum absolute atomic E-state index is 0.180. The molecule has 2 heterocycles. The molecule has 0 saturated heterocycles. The van der Waals surface area contributed by atoms with Gasteiger partial charge in [0.25, 0.3) is 0 Å². The Labute approximate surface area is 164 Å². The third-order valence-electron chi connectivity index (χ3n) is 3.77. The number of fused-ring (bicyclic) bond motifs is 1. The van der Waals surface area contributed by atoms with E-state index in [4.69, 9.17) is 10.8 Å². The first-order valence-electron chi connectivity index (χ1n) is 8.99. The third kappa shape index (κ3) is 5.74. The van der Waals surface area contributed by atoms with E-state index in [9.17, 15) is 0 Å². The molecule has 3 rings (SSSR count). The molecule has 0 radical (unpaired) electrons. The van der Waals surface area contributed by atoms with Gasteiger partial charge in [0.05, 0.1) is 22.9 Å². The number of thioether (sulfide) groups is 1. The molecule has 0 saturated carbocycles. The Bertz CT molecular complexity index is 689. The summed E-state index contributed by atoms with van der Waals surface area (Å²) in [5.74, 6) is 1.64. The Balaban J connectivity index is 0.00000117. The zero-order chi connectivity index (χ0) is 18.8. The Kier molecular flexibility index (Phi) is 8.97. The van der Waals surface area contributed by atoms with Gasteiger partial charge in [0, 0.05) is 36.8 Å². The molecule has 7 heteroatoms. The number of hydrogen-bond donors (Lipinski definition) is 3. The van der Waals surface area contributed by atoms with Gasteiger partial charge in [-0.3, -0.25) is 0 Å². The lowest BCUT2D eigenvalue weighted by molar-refractivity contribution is 0.293. The number of benzene rings is 1. The number of aliphatic imine (C=N–C) groups is 1. The standard InChI is InChI=1S/C17H22N4OS2.C2H6/c18-17(15-2-1-10-23-15)20-13-3-4-14-16(12-13)24-11-8-21(14)7-5-19-6-9-22;1-2/h1-4,10,12,19,22H,5-9,11H2,(H2,18,20);1-2H3. The van der Waals surface area contributed by atoms with Crippen LogP contribution in [-0.4, -0.2) is 49.5 Å². The molecule has 0 atom stereocenters. The molecular weight excluding hydrogens is 364 g/mol. The molecule has 0 fully saturated rings. The van der Waals surface area contributed by atoms with Crippen molar-refractivity contribution in [2.45, 2.75) is 18.7 Å². The molecule has 1 aromatic carbocycles. The molecule has 1 aliphatic heterocycles. The van der Waals surface area contributed by atoms with E-state index in [2.05, 4.69) is 27.3 Å². The lowest BCUT2D eigenvalue weighted by Gasteiger charge is -2.31. The van der Waals surface area contributed by atoms with E-state index in [1.165, 1.54) is 10.6 Å². The molecular formula is C19H28N4OS2. The van der Waals surface area contributed by atoms with Gasteiger partial charge in [-0.1, -0.05) is 19.9 Å². The van der Waals surface area contributed by atoms with E-state index in [0.717, 1.165) is 36.0 Å². The second-order valence-corrected chi connectivity index (χ2v) is 7.52. The second-order valence-electron chi connectivity index (χ2n) is 5.44. The van der Waals surface area contributed by atoms with Gasteiger partial charge in [-0.2, -0.15) is 0 Å². The predicted molar refractivity (Wildman–Crippen MR) is 115 cm³/mol. The van der Waals surface area contributed by atoms with E-state index in [1.54, 1.807) is 11.3 Å². The molecule has 2 aromatic rings. The van der Waals surface area contributed by atoms with Crippen LogP contribution in [0.3, 0.4) is 0 Å². The number of nitrogens with two attached hydrogens (primary N) is 1. The average Bonchev–Trinajstić information content (AvgIpc) is 3.22. The Hall–Kier alpha value is -1.54. The number of aliphatic hydroxyl groups excluding tert-OH is 1. The van der Waals surface area contributed by atoms with Crippen molar-refractivity contribution in [2.75, 3.05) is 43.4 Å². The topological polar surface area (TPSA) is 73.9 Å². The fourth-order valence-corrected chi connectivity index (χ4v) is 4.31. The number of thiophene rings is 1. The Morgan fingerprint density at radius 2 is 2.15 bits per heavy atom. The monoisotopic (exact) mass is 392 g/mol. The third-order valence-corrected chi connectivity index (χ3v) is 5.69. The van der Waals surface area contributed by atoms with E-state index in [1.807, 2.05) is 49.2 Å². The molecule has 1 aromatic heterocycles. The summed E-state index contributed by atoms with van der Waals surface area (Å²) in [5, 5.41) is 14.1. The highest BCUT2D eigenvalue weighted by atomic mass is 32.2. The highest BCUT2D eigenvalue weighted by Gasteiger charge is 2.17. The number of aliphatic hydroxyl groups is 1. The summed E-state index contributed by atoms with van der Waals surface area (Å²) >= 11 is 3.46. The SMILES string of the molecule is CC.NC(=Nc1ccc2c(c1)SCCN2CCNCCO)c1cccs1. The normalized spacial score (nSPS) is 13.8. The van der Waals surface area contributed by atoms with Gasteiger partial charge in [-0.25, -0.2) is 4.99 Å². The van der Waals surface area contributed by atoms with Crippen LogP contribution in [0.2, 0.25) is 0 Å². The van der Waals surface area contributed by atoms with E-state index >= 15 is 0 Å².